The quantitative estimate of drug-likeness (QED) is 0.203. The van der Waals surface area contributed by atoms with Crippen LogP contribution in [0.1, 0.15) is 27.0 Å². The third-order valence-electron chi connectivity index (χ3n) is 4.68. The topological polar surface area (TPSA) is 99.4 Å². The molecule has 1 amide bonds. The molecule has 166 valence electrons. The number of hydrogen-bond acceptors (Lipinski definition) is 4. The Hall–Kier alpha value is -3.35. The predicted octanol–water partition coefficient (Wildman–Crippen LogP) is 6.08. The fourth-order valence-corrected chi connectivity index (χ4v) is 3.73. The van der Waals surface area contributed by atoms with Crippen LogP contribution in [0.5, 0.6) is 5.75 Å². The molecule has 8 heteroatoms. The van der Waals surface area contributed by atoms with Crippen LogP contribution >= 0.6 is 34.2 Å². The molecule has 0 fully saturated rings. The second kappa shape index (κ2) is 11.0. The van der Waals surface area contributed by atoms with E-state index < -0.39 is 11.9 Å². The van der Waals surface area contributed by atoms with Gasteiger partial charge in [0.2, 0.25) is 0 Å². The fourth-order valence-electron chi connectivity index (χ4n) is 2.86. The van der Waals surface area contributed by atoms with Gasteiger partial charge in [0.15, 0.2) is 0 Å². The molecule has 3 aromatic carbocycles. The minimum absolute atomic E-state index is 0.0441. The molecule has 33 heavy (non-hydrogen) atoms. The summed E-state index contributed by atoms with van der Waals surface area (Å²) in [5, 5.41) is 21.7. The van der Waals surface area contributed by atoms with Crippen molar-refractivity contribution in [3.63, 3.8) is 0 Å². The third-order valence-corrected chi connectivity index (χ3v) is 5.75. The standard InChI is InChI=1S/C25H18ClIN2O4/c1-15-2-8-20(26)12-22(15)29-24(30)19(13-28)10-17-5-9-23(21(27)11-17)33-14-16-3-6-18(7-4-16)25(31)32/h2-12H,14H2,1H3,(H,29,30)(H,31,32)/b19-10-. The van der Waals surface area contributed by atoms with Crippen molar-refractivity contribution in [3.8, 4) is 11.8 Å². The summed E-state index contributed by atoms with van der Waals surface area (Å²) in [7, 11) is 0. The first-order chi connectivity index (χ1) is 15.8. The van der Waals surface area contributed by atoms with Crippen LogP contribution in [0, 0.1) is 21.8 Å². The Morgan fingerprint density at radius 3 is 2.52 bits per heavy atom. The first-order valence-corrected chi connectivity index (χ1v) is 11.2. The maximum Gasteiger partial charge on any atom is 0.335 e. The molecular weight excluding hydrogens is 555 g/mol. The number of amides is 1. The summed E-state index contributed by atoms with van der Waals surface area (Å²) in [6.45, 7) is 2.11. The van der Waals surface area contributed by atoms with E-state index in [1.54, 1.807) is 48.5 Å². The Labute approximate surface area is 209 Å². The number of aryl methyl sites for hydroxylation is 1. The molecule has 0 radical (unpaired) electrons. The number of aromatic carboxylic acids is 1. The Morgan fingerprint density at radius 2 is 1.88 bits per heavy atom. The van der Waals surface area contributed by atoms with Crippen LogP contribution in [0.15, 0.2) is 66.2 Å². The van der Waals surface area contributed by atoms with Crippen molar-refractivity contribution in [2.45, 2.75) is 13.5 Å². The number of nitriles is 1. The number of rotatable bonds is 7. The second-order valence-corrected chi connectivity index (χ2v) is 8.66. The number of hydrogen-bond donors (Lipinski definition) is 2. The zero-order valence-electron chi connectivity index (χ0n) is 17.4. The highest BCUT2D eigenvalue weighted by Crippen LogP contribution is 2.25. The summed E-state index contributed by atoms with van der Waals surface area (Å²) in [5.41, 5.74) is 3.05. The molecule has 0 spiro atoms. The van der Waals surface area contributed by atoms with Gasteiger partial charge in [0.1, 0.15) is 24.0 Å². The van der Waals surface area contributed by atoms with Crippen LogP contribution in [-0.2, 0) is 11.4 Å². The predicted molar refractivity (Wildman–Crippen MR) is 135 cm³/mol. The van der Waals surface area contributed by atoms with Crippen molar-refractivity contribution >= 4 is 57.8 Å². The van der Waals surface area contributed by atoms with Crippen molar-refractivity contribution in [2.24, 2.45) is 0 Å². The molecule has 0 unspecified atom stereocenters. The van der Waals surface area contributed by atoms with Gasteiger partial charge in [-0.1, -0.05) is 35.9 Å². The van der Waals surface area contributed by atoms with Crippen molar-refractivity contribution in [1.82, 2.24) is 0 Å². The van der Waals surface area contributed by atoms with Gasteiger partial charge in [-0.3, -0.25) is 4.79 Å². The van der Waals surface area contributed by atoms with Crippen molar-refractivity contribution < 1.29 is 19.4 Å². The summed E-state index contributed by atoms with van der Waals surface area (Å²) >= 11 is 8.11. The zero-order chi connectivity index (χ0) is 24.0. The molecule has 3 rings (SSSR count). The lowest BCUT2D eigenvalue weighted by atomic mass is 10.1. The molecule has 0 bridgehead atoms. The molecule has 0 aliphatic rings. The summed E-state index contributed by atoms with van der Waals surface area (Å²) in [6, 6.07) is 18.9. The van der Waals surface area contributed by atoms with Crippen molar-refractivity contribution in [1.29, 1.82) is 5.26 Å². The number of anilines is 1. The summed E-state index contributed by atoms with van der Waals surface area (Å²) < 4.78 is 6.63. The smallest absolute Gasteiger partial charge is 0.335 e. The number of ether oxygens (including phenoxy) is 1. The van der Waals surface area contributed by atoms with Crippen LogP contribution < -0.4 is 10.1 Å². The highest BCUT2D eigenvalue weighted by Gasteiger charge is 2.12. The Morgan fingerprint density at radius 1 is 1.15 bits per heavy atom. The number of carbonyl (C=O) groups is 2. The molecule has 0 aliphatic heterocycles. The lowest BCUT2D eigenvalue weighted by Crippen LogP contribution is -2.14. The van der Waals surface area contributed by atoms with Crippen LogP contribution in [0.2, 0.25) is 5.02 Å². The number of carboxylic acid groups (broad SMARTS) is 1. The Kier molecular flexibility index (Phi) is 8.09. The number of halogens is 2. The van der Waals surface area contributed by atoms with E-state index in [9.17, 15) is 14.9 Å². The van der Waals surface area contributed by atoms with Crippen LogP contribution in [0.3, 0.4) is 0 Å². The lowest BCUT2D eigenvalue weighted by molar-refractivity contribution is -0.112. The number of nitrogens with one attached hydrogen (secondary N) is 1. The normalized spacial score (nSPS) is 10.9. The molecule has 0 atom stereocenters. The third kappa shape index (κ3) is 6.57. The van der Waals surface area contributed by atoms with E-state index in [0.29, 0.717) is 22.0 Å². The van der Waals surface area contributed by atoms with Crippen LogP contribution in [0.4, 0.5) is 5.69 Å². The average Bonchev–Trinajstić information content (AvgIpc) is 2.79. The first kappa shape index (κ1) is 24.3. The first-order valence-electron chi connectivity index (χ1n) is 9.70. The summed E-state index contributed by atoms with van der Waals surface area (Å²) in [6.07, 6.45) is 1.51. The summed E-state index contributed by atoms with van der Waals surface area (Å²) in [5.74, 6) is -0.871. The number of carbonyl (C=O) groups excluding carboxylic acids is 1. The zero-order valence-corrected chi connectivity index (χ0v) is 20.3. The van der Waals surface area contributed by atoms with E-state index in [-0.39, 0.29) is 17.7 Å². The van der Waals surface area contributed by atoms with E-state index in [0.717, 1.165) is 14.7 Å². The van der Waals surface area contributed by atoms with E-state index in [1.807, 2.05) is 13.0 Å². The largest absolute Gasteiger partial charge is 0.488 e. The maximum atomic E-state index is 12.6. The molecule has 0 saturated carbocycles. The van der Waals surface area contributed by atoms with Gasteiger partial charge in [-0.25, -0.2) is 4.79 Å². The molecule has 0 heterocycles. The maximum absolute atomic E-state index is 12.6. The van der Waals surface area contributed by atoms with E-state index >= 15 is 0 Å². The molecule has 0 saturated heterocycles. The Bertz CT molecular complexity index is 1280. The van der Waals surface area contributed by atoms with E-state index in [4.69, 9.17) is 21.4 Å². The van der Waals surface area contributed by atoms with Gasteiger partial charge in [-0.05, 0) is 88.7 Å². The minimum atomic E-state index is -0.978. The molecule has 0 aromatic heterocycles. The number of carboxylic acids is 1. The fraction of sp³-hybridized carbons (Fsp3) is 0.0800. The van der Waals surface area contributed by atoms with Gasteiger partial charge in [-0.2, -0.15) is 5.26 Å². The lowest BCUT2D eigenvalue weighted by Gasteiger charge is -2.10. The van der Waals surface area contributed by atoms with Gasteiger partial charge < -0.3 is 15.2 Å². The van der Waals surface area contributed by atoms with Gasteiger partial charge in [0.05, 0.1) is 9.13 Å². The van der Waals surface area contributed by atoms with Crippen LogP contribution in [-0.4, -0.2) is 17.0 Å². The van der Waals surface area contributed by atoms with Gasteiger partial charge in [0, 0.05) is 10.7 Å². The minimum Gasteiger partial charge on any atom is -0.488 e. The average molecular weight is 573 g/mol. The van der Waals surface area contributed by atoms with E-state index in [2.05, 4.69) is 27.9 Å². The Balaban J connectivity index is 1.70. The SMILES string of the molecule is Cc1ccc(Cl)cc1NC(=O)/C(C#N)=C\c1ccc(OCc2ccc(C(=O)O)cc2)c(I)c1. The van der Waals surface area contributed by atoms with Gasteiger partial charge in [-0.15, -0.1) is 0 Å². The monoisotopic (exact) mass is 572 g/mol. The van der Waals surface area contributed by atoms with Gasteiger partial charge in [0.25, 0.3) is 5.91 Å². The summed E-state index contributed by atoms with van der Waals surface area (Å²) in [4.78, 5) is 23.5. The van der Waals surface area contributed by atoms with E-state index in [1.165, 1.54) is 18.2 Å². The van der Waals surface area contributed by atoms with Crippen molar-refractivity contribution in [2.75, 3.05) is 5.32 Å². The van der Waals surface area contributed by atoms with Crippen molar-refractivity contribution in [3.05, 3.63) is 97.1 Å². The number of nitrogens with zero attached hydrogens (tertiary/aromatic N) is 1. The molecular formula is C25H18ClIN2O4. The highest BCUT2D eigenvalue weighted by molar-refractivity contribution is 14.1. The second-order valence-electron chi connectivity index (χ2n) is 7.06. The van der Waals surface area contributed by atoms with Gasteiger partial charge >= 0.3 is 5.97 Å². The number of benzene rings is 3. The highest BCUT2D eigenvalue weighted by atomic mass is 127. The van der Waals surface area contributed by atoms with Crippen LogP contribution in [0.25, 0.3) is 6.08 Å². The molecule has 6 nitrogen and oxygen atoms in total. The molecule has 2 N–H and O–H groups in total. The molecule has 3 aromatic rings. The molecule has 0 aliphatic carbocycles.